The smallest absolute Gasteiger partial charge is 0.183 e. The molecule has 2 heterocycles. The van der Waals surface area contributed by atoms with Crippen molar-refractivity contribution in [2.45, 2.75) is 56.3 Å². The number of aliphatic hydroxyl groups excluding tert-OH is 3. The molecule has 9 heteroatoms. The predicted molar refractivity (Wildman–Crippen MR) is 123 cm³/mol. The molecule has 0 spiro atoms. The zero-order chi connectivity index (χ0) is 23.2. The van der Waals surface area contributed by atoms with Crippen molar-refractivity contribution in [1.29, 1.82) is 0 Å². The number of fused-ring (bicyclic) bond motifs is 1. The van der Waals surface area contributed by atoms with Gasteiger partial charge in [0.25, 0.3) is 0 Å². The standard InChI is InChI=1S/C24H32N4O5/c25-12-5-1-2-6-13-32-24-21(23(31)22(30)20(15-29)33-24)28-14-19(26-27-28)18-11-7-9-16-8-3-4-10-17(16)18/h3-4,7-11,14,20-24,29-31H,1-2,5-6,12-13,15,25H2. The maximum Gasteiger partial charge on any atom is 0.183 e. The van der Waals surface area contributed by atoms with Gasteiger partial charge in [0.05, 0.1) is 12.8 Å². The zero-order valence-electron chi connectivity index (χ0n) is 18.5. The fourth-order valence-electron chi connectivity index (χ4n) is 4.28. The van der Waals surface area contributed by atoms with E-state index in [2.05, 4.69) is 10.3 Å². The first-order valence-electron chi connectivity index (χ1n) is 11.5. The quantitative estimate of drug-likeness (QED) is 0.338. The van der Waals surface area contributed by atoms with Gasteiger partial charge >= 0.3 is 0 Å². The number of unbranched alkanes of at least 4 members (excludes halogenated alkanes) is 3. The topological polar surface area (TPSA) is 136 Å². The molecule has 178 valence electrons. The van der Waals surface area contributed by atoms with Crippen molar-refractivity contribution in [2.75, 3.05) is 19.8 Å². The molecule has 4 rings (SSSR count). The van der Waals surface area contributed by atoms with Crippen molar-refractivity contribution in [3.8, 4) is 11.3 Å². The number of benzene rings is 2. The minimum absolute atomic E-state index is 0.414. The molecule has 0 bridgehead atoms. The van der Waals surface area contributed by atoms with Crippen molar-refractivity contribution in [2.24, 2.45) is 5.73 Å². The molecule has 0 aliphatic carbocycles. The number of aliphatic hydroxyl groups is 3. The van der Waals surface area contributed by atoms with Crippen LogP contribution in [0.3, 0.4) is 0 Å². The Morgan fingerprint density at radius 1 is 1.00 bits per heavy atom. The van der Waals surface area contributed by atoms with Gasteiger partial charge in [-0.25, -0.2) is 4.68 Å². The van der Waals surface area contributed by atoms with Gasteiger partial charge in [-0.1, -0.05) is 60.5 Å². The molecular formula is C24H32N4O5. The van der Waals surface area contributed by atoms with E-state index in [4.69, 9.17) is 15.2 Å². The average Bonchev–Trinajstić information content (AvgIpc) is 3.32. The normalized spacial score (nSPS) is 25.5. The van der Waals surface area contributed by atoms with Crippen molar-refractivity contribution in [3.05, 3.63) is 48.7 Å². The van der Waals surface area contributed by atoms with Crippen LogP contribution in [0.25, 0.3) is 22.0 Å². The Labute approximate surface area is 192 Å². The molecule has 9 nitrogen and oxygen atoms in total. The molecule has 1 aliphatic heterocycles. The third kappa shape index (κ3) is 5.24. The van der Waals surface area contributed by atoms with E-state index in [-0.39, 0.29) is 0 Å². The summed E-state index contributed by atoms with van der Waals surface area (Å²) in [6.07, 6.45) is 1.13. The SMILES string of the molecule is NCCCCCCOC1OC(CO)C(O)C(O)C1n1cc(-c2cccc3ccccc23)nn1. The van der Waals surface area contributed by atoms with Gasteiger partial charge in [0, 0.05) is 12.2 Å². The minimum Gasteiger partial charge on any atom is -0.394 e. The molecule has 3 aromatic rings. The molecule has 1 saturated heterocycles. The molecule has 0 saturated carbocycles. The summed E-state index contributed by atoms with van der Waals surface area (Å²) in [7, 11) is 0. The van der Waals surface area contributed by atoms with Gasteiger partial charge in [-0.3, -0.25) is 0 Å². The molecule has 2 aromatic carbocycles. The van der Waals surface area contributed by atoms with E-state index in [1.54, 1.807) is 6.20 Å². The van der Waals surface area contributed by atoms with Gasteiger partial charge < -0.3 is 30.5 Å². The lowest BCUT2D eigenvalue weighted by Crippen LogP contribution is -2.56. The highest BCUT2D eigenvalue weighted by Crippen LogP contribution is 2.33. The minimum atomic E-state index is -1.28. The fourth-order valence-corrected chi connectivity index (χ4v) is 4.28. The van der Waals surface area contributed by atoms with Gasteiger partial charge in [-0.05, 0) is 30.2 Å². The first-order valence-corrected chi connectivity index (χ1v) is 11.5. The molecule has 33 heavy (non-hydrogen) atoms. The first kappa shape index (κ1) is 23.7. The number of aromatic nitrogens is 3. The third-order valence-corrected chi connectivity index (χ3v) is 6.11. The van der Waals surface area contributed by atoms with E-state index in [9.17, 15) is 15.3 Å². The van der Waals surface area contributed by atoms with Gasteiger partial charge in [-0.15, -0.1) is 5.10 Å². The Morgan fingerprint density at radius 3 is 2.61 bits per heavy atom. The maximum absolute atomic E-state index is 10.9. The lowest BCUT2D eigenvalue weighted by Gasteiger charge is -2.41. The molecule has 5 unspecified atom stereocenters. The second-order valence-corrected chi connectivity index (χ2v) is 8.38. The van der Waals surface area contributed by atoms with Crippen LogP contribution in [0.15, 0.2) is 48.7 Å². The van der Waals surface area contributed by atoms with Gasteiger partial charge in [0.2, 0.25) is 0 Å². The number of hydrogen-bond donors (Lipinski definition) is 4. The van der Waals surface area contributed by atoms with Crippen LogP contribution in [0.2, 0.25) is 0 Å². The van der Waals surface area contributed by atoms with E-state index < -0.39 is 37.3 Å². The largest absolute Gasteiger partial charge is 0.394 e. The number of nitrogens with two attached hydrogens (primary N) is 1. The Hall–Kier alpha value is -2.40. The molecule has 5 atom stereocenters. The molecule has 1 aliphatic rings. The summed E-state index contributed by atoms with van der Waals surface area (Å²) in [6, 6.07) is 13.2. The molecule has 1 fully saturated rings. The van der Waals surface area contributed by atoms with Crippen molar-refractivity contribution >= 4 is 10.8 Å². The summed E-state index contributed by atoms with van der Waals surface area (Å²) in [5.74, 6) is 0. The van der Waals surface area contributed by atoms with Crippen LogP contribution < -0.4 is 5.73 Å². The van der Waals surface area contributed by atoms with Crippen LogP contribution >= 0.6 is 0 Å². The first-order chi connectivity index (χ1) is 16.1. The van der Waals surface area contributed by atoms with E-state index >= 15 is 0 Å². The Bertz CT molecular complexity index is 1020. The summed E-state index contributed by atoms with van der Waals surface area (Å²) in [6.45, 7) is 0.653. The second kappa shape index (κ2) is 11.1. The molecule has 0 radical (unpaired) electrons. The number of ether oxygens (including phenoxy) is 2. The summed E-state index contributed by atoms with van der Waals surface area (Å²) >= 11 is 0. The van der Waals surface area contributed by atoms with E-state index in [0.29, 0.717) is 18.8 Å². The second-order valence-electron chi connectivity index (χ2n) is 8.38. The number of nitrogens with zero attached hydrogens (tertiary/aromatic N) is 3. The van der Waals surface area contributed by atoms with Crippen molar-refractivity contribution < 1.29 is 24.8 Å². The van der Waals surface area contributed by atoms with E-state index in [0.717, 1.165) is 42.0 Å². The highest BCUT2D eigenvalue weighted by atomic mass is 16.7. The summed E-state index contributed by atoms with van der Waals surface area (Å²) < 4.78 is 13.2. The highest BCUT2D eigenvalue weighted by Gasteiger charge is 2.46. The number of rotatable bonds is 10. The van der Waals surface area contributed by atoms with Crippen molar-refractivity contribution in [3.63, 3.8) is 0 Å². The molecular weight excluding hydrogens is 424 g/mol. The van der Waals surface area contributed by atoms with Crippen LogP contribution in [0, 0.1) is 0 Å². The van der Waals surface area contributed by atoms with Crippen LogP contribution in [-0.2, 0) is 9.47 Å². The lowest BCUT2D eigenvalue weighted by molar-refractivity contribution is -0.281. The summed E-state index contributed by atoms with van der Waals surface area (Å²) in [4.78, 5) is 0. The molecule has 5 N–H and O–H groups in total. The van der Waals surface area contributed by atoms with Crippen molar-refractivity contribution in [1.82, 2.24) is 15.0 Å². The van der Waals surface area contributed by atoms with Gasteiger partial charge in [0.15, 0.2) is 6.29 Å². The van der Waals surface area contributed by atoms with Gasteiger partial charge in [0.1, 0.15) is 30.0 Å². The van der Waals surface area contributed by atoms with E-state index in [1.807, 2.05) is 42.5 Å². The van der Waals surface area contributed by atoms with Crippen LogP contribution in [0.5, 0.6) is 0 Å². The summed E-state index contributed by atoms with van der Waals surface area (Å²) in [5.41, 5.74) is 7.09. The number of hydrogen-bond acceptors (Lipinski definition) is 8. The maximum atomic E-state index is 10.9. The van der Waals surface area contributed by atoms with Crippen LogP contribution in [0.1, 0.15) is 31.7 Å². The van der Waals surface area contributed by atoms with Crippen LogP contribution in [0.4, 0.5) is 0 Å². The van der Waals surface area contributed by atoms with Gasteiger partial charge in [-0.2, -0.15) is 0 Å². The Morgan fingerprint density at radius 2 is 1.79 bits per heavy atom. The Balaban J connectivity index is 1.56. The lowest BCUT2D eigenvalue weighted by atomic mass is 9.97. The monoisotopic (exact) mass is 456 g/mol. The van der Waals surface area contributed by atoms with E-state index in [1.165, 1.54) is 4.68 Å². The third-order valence-electron chi connectivity index (χ3n) is 6.11. The molecule has 1 aromatic heterocycles. The molecule has 0 amide bonds. The summed E-state index contributed by atoms with van der Waals surface area (Å²) in [5, 5.41) is 41.6. The zero-order valence-corrected chi connectivity index (χ0v) is 18.5. The highest BCUT2D eigenvalue weighted by molar-refractivity contribution is 5.95. The van der Waals surface area contributed by atoms with Crippen LogP contribution in [-0.4, -0.2) is 74.7 Å². The average molecular weight is 457 g/mol. The fraction of sp³-hybridized carbons (Fsp3) is 0.500. The predicted octanol–water partition coefficient (Wildman–Crippen LogP) is 1.61. The Kier molecular flexibility index (Phi) is 8.02.